The number of allylic oxidation sites excluding steroid dienone is 4. The van der Waals surface area contributed by atoms with Gasteiger partial charge in [-0.15, -0.1) is 0 Å². The van der Waals surface area contributed by atoms with Gasteiger partial charge in [0.15, 0.2) is 22.5 Å². The molecular weight excluding hydrogens is 989 g/mol. The Morgan fingerprint density at radius 1 is 0.564 bits per heavy atom. The molecule has 20 nitrogen and oxygen atoms in total. The van der Waals surface area contributed by atoms with Gasteiger partial charge in [-0.2, -0.15) is 9.97 Å². The number of anilines is 4. The van der Waals surface area contributed by atoms with E-state index in [9.17, 15) is 19.2 Å². The molecule has 15 rings (SSSR count). The van der Waals surface area contributed by atoms with Crippen LogP contribution in [0.2, 0.25) is 0 Å². The fourth-order valence-electron chi connectivity index (χ4n) is 12.0. The summed E-state index contributed by atoms with van der Waals surface area (Å²) >= 11 is 0. The zero-order chi connectivity index (χ0) is 52.8. The van der Waals surface area contributed by atoms with Crippen molar-refractivity contribution in [2.75, 3.05) is 37.8 Å². The predicted octanol–water partition coefficient (Wildman–Crippen LogP) is 7.63. The minimum Gasteiger partial charge on any atom is -0.408 e. The topological polar surface area (TPSA) is 206 Å². The lowest BCUT2D eigenvalue weighted by Gasteiger charge is -2.35. The second-order valence-corrected chi connectivity index (χ2v) is 21.1. The minimum atomic E-state index is -0.377. The van der Waals surface area contributed by atoms with Gasteiger partial charge in [0.1, 0.15) is 10.8 Å². The highest BCUT2D eigenvalue weighted by Crippen LogP contribution is 2.54. The molecule has 0 unspecified atom stereocenters. The SMILES string of the molecule is CN1CCc2ccc(Nc3ncc4c(=O)n5n(c4n3)-c3ccc4oc(=O)n(c4c3)CCCC=CC5)cc2C1.CN1CCc2ccc(Nc3ncc4c(=O)n5n(c4n3)-c3ccc4oc(=O)n(c4c3)CCCC=CC5)cc2C12CC2. The van der Waals surface area contributed by atoms with Crippen molar-refractivity contribution in [1.82, 2.24) is 57.6 Å². The van der Waals surface area contributed by atoms with E-state index >= 15 is 0 Å². The number of fused-ring (bicyclic) bond motifs is 13. The van der Waals surface area contributed by atoms with E-state index in [1.807, 2.05) is 59.3 Å². The maximum atomic E-state index is 13.5. The first kappa shape index (κ1) is 47.6. The Morgan fingerprint density at radius 2 is 1.10 bits per heavy atom. The third-order valence-electron chi connectivity index (χ3n) is 16.2. The smallest absolute Gasteiger partial charge is 0.408 e. The van der Waals surface area contributed by atoms with Crippen molar-refractivity contribution in [3.05, 3.63) is 174 Å². The van der Waals surface area contributed by atoms with E-state index in [1.165, 1.54) is 35.1 Å². The summed E-state index contributed by atoms with van der Waals surface area (Å²) in [6.07, 6.45) is 18.9. The van der Waals surface area contributed by atoms with Crippen LogP contribution in [0.5, 0.6) is 0 Å². The molecule has 0 atom stereocenters. The molecule has 1 fully saturated rings. The van der Waals surface area contributed by atoms with Crippen molar-refractivity contribution in [1.29, 1.82) is 0 Å². The third kappa shape index (κ3) is 8.12. The van der Waals surface area contributed by atoms with Crippen molar-refractivity contribution in [2.45, 2.75) is 89.6 Å². The molecule has 0 amide bonds. The molecule has 4 aliphatic heterocycles. The van der Waals surface area contributed by atoms with Gasteiger partial charge in [-0.1, -0.05) is 36.4 Å². The van der Waals surface area contributed by atoms with E-state index in [-0.39, 0.29) is 28.2 Å². The molecule has 10 aromatic rings. The monoisotopic (exact) mass is 1040 g/mol. The molecule has 1 saturated carbocycles. The van der Waals surface area contributed by atoms with Crippen LogP contribution in [0.4, 0.5) is 23.3 Å². The van der Waals surface area contributed by atoms with Crippen molar-refractivity contribution in [3.63, 3.8) is 0 Å². The molecule has 78 heavy (non-hydrogen) atoms. The molecule has 4 aromatic carbocycles. The molecule has 6 aromatic heterocycles. The molecule has 5 aliphatic rings. The van der Waals surface area contributed by atoms with E-state index in [2.05, 4.69) is 74.8 Å². The first-order chi connectivity index (χ1) is 38.1. The predicted molar refractivity (Wildman–Crippen MR) is 298 cm³/mol. The molecule has 4 bridgehead atoms. The number of hydrogen-bond donors (Lipinski definition) is 2. The summed E-state index contributed by atoms with van der Waals surface area (Å²) in [4.78, 5) is 75.4. The number of aromatic nitrogens is 10. The lowest BCUT2D eigenvalue weighted by molar-refractivity contribution is 0.208. The number of benzene rings is 4. The molecule has 0 radical (unpaired) electrons. The summed E-state index contributed by atoms with van der Waals surface area (Å²) in [6, 6.07) is 23.9. The van der Waals surface area contributed by atoms with Crippen LogP contribution in [0.1, 0.15) is 60.8 Å². The van der Waals surface area contributed by atoms with Gasteiger partial charge in [0.25, 0.3) is 11.1 Å². The molecule has 0 saturated heterocycles. The Hall–Kier alpha value is -8.88. The first-order valence-corrected chi connectivity index (χ1v) is 26.8. The summed E-state index contributed by atoms with van der Waals surface area (Å²) in [5.74, 6) is 0.0785. The molecule has 394 valence electrons. The van der Waals surface area contributed by atoms with Gasteiger partial charge in [-0.05, 0) is 148 Å². The van der Waals surface area contributed by atoms with E-state index in [0.717, 1.165) is 80.9 Å². The summed E-state index contributed by atoms with van der Waals surface area (Å²) in [5, 5.41) is 7.59. The molecule has 10 heterocycles. The van der Waals surface area contributed by atoms with Crippen LogP contribution in [0.15, 0.2) is 138 Å². The number of aryl methyl sites for hydroxylation is 2. The molecule has 2 N–H and O–H groups in total. The zero-order valence-electron chi connectivity index (χ0n) is 43.3. The number of oxazole rings is 2. The molecule has 20 heteroatoms. The standard InChI is InChI=1S/C30H29N7O3.C28H27N7O3/c1-34-15-10-19-6-7-20(16-23(19)30(34)11-12-30)32-28-31-18-22-26(33-28)37-21-8-9-25-24(17-21)35(29(39)40-25)13-4-2-3-5-14-36(37)27(22)38;1-32-13-10-18-6-7-20(14-19(18)17-32)30-27-29-16-22-25(31-27)35-21-8-9-24-23(15-21)33(28(37)38-24)11-4-2-3-5-12-34(35)26(22)36/h3,5-9,16-18H,2,4,10-15H2,1H3,(H,31,32,33);3,5-9,14-16H,2,4,10-13,17H2,1H3,(H,29,30,31). The first-order valence-electron chi connectivity index (χ1n) is 26.8. The van der Waals surface area contributed by atoms with E-state index < -0.39 is 0 Å². The summed E-state index contributed by atoms with van der Waals surface area (Å²) in [5.41, 5.74) is 12.0. The fraction of sp³-hybridized carbons (Fsp3) is 0.310. The quantitative estimate of drug-likeness (QED) is 0.163. The van der Waals surface area contributed by atoms with Crippen LogP contribution in [-0.4, -0.2) is 84.8 Å². The molecule has 1 spiro atoms. The van der Waals surface area contributed by atoms with Crippen molar-refractivity contribution < 1.29 is 8.83 Å². The van der Waals surface area contributed by atoms with Crippen LogP contribution in [0.3, 0.4) is 0 Å². The lowest BCUT2D eigenvalue weighted by Crippen LogP contribution is -2.38. The lowest BCUT2D eigenvalue weighted by atomic mass is 9.90. The number of nitrogens with one attached hydrogen (secondary N) is 2. The Bertz CT molecular complexity index is 4380. The Labute approximate surface area is 444 Å². The van der Waals surface area contributed by atoms with Gasteiger partial charge >= 0.3 is 11.5 Å². The molecular formula is C58H56N14O6. The Balaban J connectivity index is 0.000000142. The van der Waals surface area contributed by atoms with Crippen LogP contribution in [-0.2, 0) is 51.1 Å². The summed E-state index contributed by atoms with van der Waals surface area (Å²) in [6.45, 7) is 4.97. The van der Waals surface area contributed by atoms with Crippen molar-refractivity contribution in [3.8, 4) is 11.4 Å². The van der Waals surface area contributed by atoms with Gasteiger partial charge < -0.3 is 24.4 Å². The average molecular weight is 1050 g/mol. The number of rotatable bonds is 4. The summed E-state index contributed by atoms with van der Waals surface area (Å²) < 4.78 is 21.2. The largest absolute Gasteiger partial charge is 0.419 e. The van der Waals surface area contributed by atoms with Crippen molar-refractivity contribution in [2.24, 2.45) is 0 Å². The third-order valence-corrected chi connectivity index (χ3v) is 16.2. The number of likely N-dealkylation sites (N-methyl/N-ethyl adjacent to an activating group) is 2. The minimum absolute atomic E-state index is 0.163. The van der Waals surface area contributed by atoms with Crippen LogP contribution < -0.4 is 33.3 Å². The Morgan fingerprint density at radius 3 is 1.67 bits per heavy atom. The van der Waals surface area contributed by atoms with Gasteiger partial charge in [0, 0.05) is 62.0 Å². The van der Waals surface area contributed by atoms with Crippen LogP contribution >= 0.6 is 0 Å². The normalized spacial score (nSPS) is 16.9. The van der Waals surface area contributed by atoms with Gasteiger partial charge in [-0.25, -0.2) is 38.3 Å². The van der Waals surface area contributed by atoms with E-state index in [1.54, 1.807) is 47.7 Å². The maximum absolute atomic E-state index is 13.5. The number of nitrogens with zero attached hydrogens (tertiary/aromatic N) is 12. The zero-order valence-corrected chi connectivity index (χ0v) is 43.3. The van der Waals surface area contributed by atoms with Crippen LogP contribution in [0, 0.1) is 0 Å². The summed E-state index contributed by atoms with van der Waals surface area (Å²) in [7, 11) is 4.34. The highest BCUT2D eigenvalue weighted by Gasteiger charge is 2.50. The maximum Gasteiger partial charge on any atom is 0.419 e. The second kappa shape index (κ2) is 18.7. The van der Waals surface area contributed by atoms with Gasteiger partial charge in [0.2, 0.25) is 11.9 Å². The highest BCUT2D eigenvalue weighted by atomic mass is 16.4. The molecule has 1 aliphatic carbocycles. The second-order valence-electron chi connectivity index (χ2n) is 21.1. The fourth-order valence-corrected chi connectivity index (χ4v) is 12.0. The highest BCUT2D eigenvalue weighted by molar-refractivity contribution is 5.82. The van der Waals surface area contributed by atoms with E-state index in [4.69, 9.17) is 18.8 Å². The Kier molecular flexibility index (Phi) is 11.4. The van der Waals surface area contributed by atoms with Crippen molar-refractivity contribution >= 4 is 67.5 Å². The van der Waals surface area contributed by atoms with E-state index in [0.29, 0.717) is 82.3 Å². The van der Waals surface area contributed by atoms with Gasteiger partial charge in [0.05, 0.1) is 35.5 Å². The number of hydrogen-bond acceptors (Lipinski definition) is 14. The van der Waals surface area contributed by atoms with Gasteiger partial charge in [-0.3, -0.25) is 23.6 Å². The average Bonchev–Trinajstić information content (AvgIpc) is 4.00. The van der Waals surface area contributed by atoms with Crippen LogP contribution in [0.25, 0.3) is 55.6 Å².